The molecule has 0 saturated heterocycles. The molecule has 0 fully saturated rings. The summed E-state index contributed by atoms with van der Waals surface area (Å²) in [6.45, 7) is 4.30. The van der Waals surface area contributed by atoms with Crippen molar-refractivity contribution in [3.63, 3.8) is 0 Å². The lowest BCUT2D eigenvalue weighted by Crippen LogP contribution is -1.84. The summed E-state index contributed by atoms with van der Waals surface area (Å²) in [4.78, 5) is 6.97. The second-order valence-electron chi connectivity index (χ2n) is 2.07. The second kappa shape index (κ2) is 2.92. The van der Waals surface area contributed by atoms with Crippen LogP contribution in [0.25, 0.3) is 0 Å². The molecule has 0 unspecified atom stereocenters. The Kier molecular flexibility index (Phi) is 2.16. The first-order valence-corrected chi connectivity index (χ1v) is 3.82. The fraction of sp³-hybridized carbons (Fsp3) is 0.500. The molecule has 1 heterocycles. The molecule has 0 aliphatic carbocycles. The minimum Gasteiger partial charge on any atom is -0.350 e. The maximum absolute atomic E-state index is 4.06. The molecular formula is C6H10N2S. The van der Waals surface area contributed by atoms with Crippen molar-refractivity contribution in [3.8, 4) is 0 Å². The molecule has 0 spiro atoms. The molecule has 1 N–H and O–H groups in total. The van der Waals surface area contributed by atoms with Gasteiger partial charge in [-0.05, 0) is 0 Å². The molecule has 3 heteroatoms. The molecule has 1 rings (SSSR count). The molecular weight excluding hydrogens is 132 g/mol. The topological polar surface area (TPSA) is 28.7 Å². The monoisotopic (exact) mass is 142 g/mol. The van der Waals surface area contributed by atoms with Crippen LogP contribution in [0.1, 0.15) is 13.8 Å². The van der Waals surface area contributed by atoms with Gasteiger partial charge in [0.25, 0.3) is 0 Å². The van der Waals surface area contributed by atoms with E-state index >= 15 is 0 Å². The zero-order valence-electron chi connectivity index (χ0n) is 5.59. The molecule has 0 atom stereocenters. The van der Waals surface area contributed by atoms with E-state index in [1.54, 1.807) is 18.1 Å². The molecule has 0 aliphatic heterocycles. The number of rotatable bonds is 2. The van der Waals surface area contributed by atoms with Gasteiger partial charge in [-0.1, -0.05) is 13.8 Å². The maximum Gasteiger partial charge on any atom is 0.114 e. The maximum atomic E-state index is 4.06. The highest BCUT2D eigenvalue weighted by Crippen LogP contribution is 2.18. The van der Waals surface area contributed by atoms with Gasteiger partial charge in [-0.15, -0.1) is 11.8 Å². The van der Waals surface area contributed by atoms with Crippen LogP contribution in [0.4, 0.5) is 0 Å². The molecule has 0 amide bonds. The van der Waals surface area contributed by atoms with Gasteiger partial charge in [0.15, 0.2) is 0 Å². The van der Waals surface area contributed by atoms with Gasteiger partial charge >= 0.3 is 0 Å². The summed E-state index contributed by atoms with van der Waals surface area (Å²) in [7, 11) is 0. The van der Waals surface area contributed by atoms with Crippen LogP contribution in [0.5, 0.6) is 0 Å². The van der Waals surface area contributed by atoms with Crippen LogP contribution in [-0.4, -0.2) is 15.2 Å². The number of hydrogen-bond donors (Lipinski definition) is 1. The van der Waals surface area contributed by atoms with Crippen molar-refractivity contribution < 1.29 is 0 Å². The van der Waals surface area contributed by atoms with E-state index in [0.717, 1.165) is 5.03 Å². The summed E-state index contributed by atoms with van der Waals surface area (Å²) in [5.74, 6) is 0. The summed E-state index contributed by atoms with van der Waals surface area (Å²) in [6, 6.07) is 0. The number of aromatic amines is 1. The van der Waals surface area contributed by atoms with E-state index in [-0.39, 0.29) is 0 Å². The summed E-state index contributed by atoms with van der Waals surface area (Å²) < 4.78 is 0. The van der Waals surface area contributed by atoms with Crippen molar-refractivity contribution in [3.05, 3.63) is 12.5 Å². The van der Waals surface area contributed by atoms with E-state index in [9.17, 15) is 0 Å². The first-order chi connectivity index (χ1) is 4.29. The lowest BCUT2D eigenvalue weighted by Gasteiger charge is -1.97. The SMILES string of the molecule is CC(C)Sc1c[nH]cn1. The van der Waals surface area contributed by atoms with Gasteiger partial charge in [0.1, 0.15) is 5.03 Å². The van der Waals surface area contributed by atoms with Crippen LogP contribution < -0.4 is 0 Å². The van der Waals surface area contributed by atoms with Crippen molar-refractivity contribution in [2.24, 2.45) is 0 Å². The molecule has 0 radical (unpaired) electrons. The Balaban J connectivity index is 2.48. The second-order valence-corrected chi connectivity index (χ2v) is 3.67. The first kappa shape index (κ1) is 6.68. The predicted molar refractivity (Wildman–Crippen MR) is 39.6 cm³/mol. The quantitative estimate of drug-likeness (QED) is 0.639. The van der Waals surface area contributed by atoms with Gasteiger partial charge in [0.2, 0.25) is 0 Å². The largest absolute Gasteiger partial charge is 0.350 e. The fourth-order valence-corrected chi connectivity index (χ4v) is 1.29. The number of H-pyrrole nitrogens is 1. The van der Waals surface area contributed by atoms with E-state index in [1.165, 1.54) is 0 Å². The highest BCUT2D eigenvalue weighted by atomic mass is 32.2. The number of thioether (sulfide) groups is 1. The number of nitrogens with zero attached hydrogens (tertiary/aromatic N) is 1. The van der Waals surface area contributed by atoms with E-state index in [1.807, 2.05) is 6.20 Å². The molecule has 1 aromatic rings. The highest BCUT2D eigenvalue weighted by Gasteiger charge is 1.97. The summed E-state index contributed by atoms with van der Waals surface area (Å²) >= 11 is 1.76. The Morgan fingerprint density at radius 3 is 2.89 bits per heavy atom. The van der Waals surface area contributed by atoms with Crippen LogP contribution in [0.15, 0.2) is 17.6 Å². The molecule has 0 aliphatic rings. The molecule has 0 aromatic carbocycles. The van der Waals surface area contributed by atoms with Gasteiger partial charge in [-0.2, -0.15) is 0 Å². The lowest BCUT2D eigenvalue weighted by atomic mass is 10.6. The Hall–Kier alpha value is -0.440. The zero-order valence-corrected chi connectivity index (χ0v) is 6.40. The molecule has 2 nitrogen and oxygen atoms in total. The van der Waals surface area contributed by atoms with Crippen LogP contribution in [0.3, 0.4) is 0 Å². The average Bonchev–Trinajstić information content (AvgIpc) is 2.15. The van der Waals surface area contributed by atoms with Crippen molar-refractivity contribution in [1.29, 1.82) is 0 Å². The van der Waals surface area contributed by atoms with Gasteiger partial charge in [0, 0.05) is 11.4 Å². The van der Waals surface area contributed by atoms with Crippen LogP contribution in [0, 0.1) is 0 Å². The van der Waals surface area contributed by atoms with Crippen molar-refractivity contribution >= 4 is 11.8 Å². The molecule has 50 valence electrons. The minimum absolute atomic E-state index is 0.619. The number of hydrogen-bond acceptors (Lipinski definition) is 2. The van der Waals surface area contributed by atoms with Gasteiger partial charge in [-0.3, -0.25) is 0 Å². The Bertz CT molecular complexity index is 158. The normalized spacial score (nSPS) is 10.6. The number of nitrogens with one attached hydrogen (secondary N) is 1. The highest BCUT2D eigenvalue weighted by molar-refractivity contribution is 7.99. The third kappa shape index (κ3) is 2.10. The summed E-state index contributed by atoms with van der Waals surface area (Å²) in [5, 5.41) is 1.69. The lowest BCUT2D eigenvalue weighted by molar-refractivity contribution is 1.09. The van der Waals surface area contributed by atoms with Crippen LogP contribution in [0.2, 0.25) is 0 Å². The van der Waals surface area contributed by atoms with E-state index in [4.69, 9.17) is 0 Å². The average molecular weight is 142 g/mol. The Morgan fingerprint density at radius 2 is 2.44 bits per heavy atom. The molecule has 1 aromatic heterocycles. The van der Waals surface area contributed by atoms with E-state index < -0.39 is 0 Å². The minimum atomic E-state index is 0.619. The van der Waals surface area contributed by atoms with Crippen LogP contribution >= 0.6 is 11.8 Å². The van der Waals surface area contributed by atoms with Crippen molar-refractivity contribution in [1.82, 2.24) is 9.97 Å². The zero-order chi connectivity index (χ0) is 6.69. The smallest absolute Gasteiger partial charge is 0.114 e. The molecule has 0 saturated carbocycles. The Morgan fingerprint density at radius 1 is 1.67 bits per heavy atom. The van der Waals surface area contributed by atoms with Crippen molar-refractivity contribution in [2.75, 3.05) is 0 Å². The summed E-state index contributed by atoms with van der Waals surface area (Å²) in [6.07, 6.45) is 3.61. The third-order valence-electron chi connectivity index (χ3n) is 0.830. The Labute approximate surface area is 59.1 Å². The summed E-state index contributed by atoms with van der Waals surface area (Å²) in [5.41, 5.74) is 0. The third-order valence-corrected chi connectivity index (χ3v) is 1.77. The van der Waals surface area contributed by atoms with Crippen LogP contribution in [-0.2, 0) is 0 Å². The van der Waals surface area contributed by atoms with E-state index in [0.29, 0.717) is 5.25 Å². The van der Waals surface area contributed by atoms with Gasteiger partial charge in [-0.25, -0.2) is 4.98 Å². The van der Waals surface area contributed by atoms with E-state index in [2.05, 4.69) is 23.8 Å². The molecule has 9 heavy (non-hydrogen) atoms. The first-order valence-electron chi connectivity index (χ1n) is 2.94. The fourth-order valence-electron chi connectivity index (χ4n) is 0.553. The predicted octanol–water partition coefficient (Wildman–Crippen LogP) is 1.91. The van der Waals surface area contributed by atoms with Crippen molar-refractivity contribution in [2.45, 2.75) is 24.1 Å². The number of aromatic nitrogens is 2. The molecule has 0 bridgehead atoms. The van der Waals surface area contributed by atoms with Gasteiger partial charge in [0.05, 0.1) is 6.33 Å². The number of imidazole rings is 1. The van der Waals surface area contributed by atoms with Gasteiger partial charge < -0.3 is 4.98 Å². The standard InChI is InChI=1S/C6H10N2S/c1-5(2)9-6-3-7-4-8-6/h3-5H,1-2H3,(H,7,8).